The zero-order chi connectivity index (χ0) is 19.1. The van der Waals surface area contributed by atoms with E-state index in [-0.39, 0.29) is 11.5 Å². The molecule has 7 heteroatoms. The molecule has 3 aromatic rings. The van der Waals surface area contributed by atoms with Gasteiger partial charge >= 0.3 is 0 Å². The predicted octanol–water partition coefficient (Wildman–Crippen LogP) is 5.46. The molecule has 0 aliphatic heterocycles. The zero-order valence-electron chi connectivity index (χ0n) is 14.6. The number of hydrogen-bond acceptors (Lipinski definition) is 5. The Balaban J connectivity index is 1.94. The Bertz CT molecular complexity index is 983. The molecule has 134 valence electrons. The lowest BCUT2D eigenvalue weighted by Gasteiger charge is -2.03. The van der Waals surface area contributed by atoms with Crippen molar-refractivity contribution < 1.29 is 4.92 Å². The van der Waals surface area contributed by atoms with Crippen LogP contribution in [0.4, 0.5) is 17.1 Å². The predicted molar refractivity (Wildman–Crippen MR) is 105 cm³/mol. The summed E-state index contributed by atoms with van der Waals surface area (Å²) >= 11 is 0. The van der Waals surface area contributed by atoms with E-state index < -0.39 is 4.92 Å². The van der Waals surface area contributed by atoms with Crippen LogP contribution < -0.4 is 5.43 Å². The monoisotopic (exact) mass is 359 g/mol. The van der Waals surface area contributed by atoms with E-state index >= 15 is 0 Å². The molecule has 27 heavy (non-hydrogen) atoms. The summed E-state index contributed by atoms with van der Waals surface area (Å²) in [5.74, 6) is 0.239. The number of azo groups is 1. The van der Waals surface area contributed by atoms with Crippen LogP contribution >= 0.6 is 0 Å². The second-order valence-corrected chi connectivity index (χ2v) is 5.76. The van der Waals surface area contributed by atoms with Crippen molar-refractivity contribution in [1.82, 2.24) is 0 Å². The summed E-state index contributed by atoms with van der Waals surface area (Å²) in [5, 5.41) is 23.7. The fourth-order valence-electron chi connectivity index (χ4n) is 2.25. The average Bonchev–Trinajstić information content (AvgIpc) is 2.70. The molecule has 0 aliphatic carbocycles. The van der Waals surface area contributed by atoms with Crippen LogP contribution in [-0.4, -0.2) is 10.8 Å². The largest absolute Gasteiger partial charge is 0.276 e. The molecule has 0 aliphatic rings. The van der Waals surface area contributed by atoms with Crippen LogP contribution in [0.25, 0.3) is 0 Å². The molecule has 3 rings (SSSR count). The number of non-ortho nitro benzene ring substituents is 1. The van der Waals surface area contributed by atoms with Gasteiger partial charge in [-0.3, -0.25) is 15.5 Å². The lowest BCUT2D eigenvalue weighted by Crippen LogP contribution is -2.02. The van der Waals surface area contributed by atoms with Gasteiger partial charge in [0.1, 0.15) is 0 Å². The molecule has 0 radical (unpaired) electrons. The maximum absolute atomic E-state index is 11.1. The highest BCUT2D eigenvalue weighted by molar-refractivity contribution is 6.00. The Morgan fingerprint density at radius 2 is 1.70 bits per heavy atom. The smallest absolute Gasteiger partial charge is 0.270 e. The Kier molecular flexibility index (Phi) is 5.64. The number of nitrogens with zero attached hydrogens (tertiary/aromatic N) is 4. The SMILES string of the molecule is Cc1ccc(N=NC(=NNc2ccccc2)c2cccc([N+](=O)[O-])c2)cc1. The van der Waals surface area contributed by atoms with Gasteiger partial charge in [0, 0.05) is 17.7 Å². The summed E-state index contributed by atoms with van der Waals surface area (Å²) < 4.78 is 0. The van der Waals surface area contributed by atoms with Crippen molar-refractivity contribution in [2.75, 3.05) is 5.43 Å². The molecule has 0 bridgehead atoms. The lowest BCUT2D eigenvalue weighted by atomic mass is 10.2. The number of amidine groups is 1. The van der Waals surface area contributed by atoms with Gasteiger partial charge in [-0.1, -0.05) is 48.0 Å². The minimum absolute atomic E-state index is 0.0366. The normalized spacial score (nSPS) is 11.5. The van der Waals surface area contributed by atoms with Crippen molar-refractivity contribution >= 4 is 22.9 Å². The topological polar surface area (TPSA) is 92.2 Å². The van der Waals surface area contributed by atoms with Gasteiger partial charge in [0.2, 0.25) is 5.84 Å². The molecule has 7 nitrogen and oxygen atoms in total. The molecule has 3 aromatic carbocycles. The van der Waals surface area contributed by atoms with Crippen molar-refractivity contribution in [2.24, 2.45) is 15.3 Å². The number of hydrazone groups is 1. The van der Waals surface area contributed by atoms with Gasteiger partial charge in [0.25, 0.3) is 5.69 Å². The van der Waals surface area contributed by atoms with E-state index in [0.717, 1.165) is 11.3 Å². The van der Waals surface area contributed by atoms with Crippen molar-refractivity contribution in [3.8, 4) is 0 Å². The van der Waals surface area contributed by atoms with Gasteiger partial charge in [-0.25, -0.2) is 0 Å². The minimum atomic E-state index is -0.455. The molecule has 0 saturated heterocycles. The molecule has 1 N–H and O–H groups in total. The van der Waals surface area contributed by atoms with E-state index in [2.05, 4.69) is 20.8 Å². The first-order valence-electron chi connectivity index (χ1n) is 8.24. The number of benzene rings is 3. The quantitative estimate of drug-likeness (QED) is 0.215. The third-order valence-corrected chi connectivity index (χ3v) is 3.67. The van der Waals surface area contributed by atoms with Crippen LogP contribution in [0.1, 0.15) is 11.1 Å². The van der Waals surface area contributed by atoms with E-state index in [1.165, 1.54) is 12.1 Å². The van der Waals surface area contributed by atoms with Gasteiger partial charge in [-0.2, -0.15) is 5.10 Å². The number of hydrogen-bond donors (Lipinski definition) is 1. The minimum Gasteiger partial charge on any atom is -0.276 e. The number of nitrogens with one attached hydrogen (secondary N) is 1. The summed E-state index contributed by atoms with van der Waals surface area (Å²) in [6.07, 6.45) is 0. The van der Waals surface area contributed by atoms with Crippen molar-refractivity contribution in [3.63, 3.8) is 0 Å². The fourth-order valence-corrected chi connectivity index (χ4v) is 2.25. The Morgan fingerprint density at radius 3 is 2.41 bits per heavy atom. The highest BCUT2D eigenvalue weighted by Crippen LogP contribution is 2.18. The summed E-state index contributed by atoms with van der Waals surface area (Å²) in [5.41, 5.74) is 5.91. The molecular formula is C20H17N5O2. The zero-order valence-corrected chi connectivity index (χ0v) is 14.6. The van der Waals surface area contributed by atoms with Crippen molar-refractivity contribution in [1.29, 1.82) is 0 Å². The second kappa shape index (κ2) is 8.48. The van der Waals surface area contributed by atoms with E-state index in [4.69, 9.17) is 0 Å². The van der Waals surface area contributed by atoms with Gasteiger partial charge in [0.05, 0.1) is 16.3 Å². The van der Waals surface area contributed by atoms with Crippen LogP contribution in [-0.2, 0) is 0 Å². The van der Waals surface area contributed by atoms with Gasteiger partial charge in [-0.15, -0.1) is 10.2 Å². The molecule has 0 atom stereocenters. The Labute approximate surface area is 156 Å². The number of nitro benzene ring substituents is 1. The Morgan fingerprint density at radius 1 is 0.963 bits per heavy atom. The number of rotatable bonds is 5. The number of nitro groups is 1. The Hall–Kier alpha value is -3.87. The van der Waals surface area contributed by atoms with Gasteiger partial charge < -0.3 is 0 Å². The van der Waals surface area contributed by atoms with Crippen LogP contribution in [0.3, 0.4) is 0 Å². The van der Waals surface area contributed by atoms with Gasteiger partial charge in [-0.05, 0) is 31.2 Å². The third-order valence-electron chi connectivity index (χ3n) is 3.67. The fraction of sp³-hybridized carbons (Fsp3) is 0.0500. The van der Waals surface area contributed by atoms with Crippen molar-refractivity contribution in [2.45, 2.75) is 6.92 Å². The average molecular weight is 359 g/mol. The molecule has 0 amide bonds. The highest BCUT2D eigenvalue weighted by Gasteiger charge is 2.10. The number of anilines is 1. The summed E-state index contributed by atoms with van der Waals surface area (Å²) in [7, 11) is 0. The molecule has 0 unspecified atom stereocenters. The van der Waals surface area contributed by atoms with Crippen LogP contribution in [0.15, 0.2) is 94.2 Å². The standard InChI is InChI=1S/C20H17N5O2/c1-15-10-12-18(13-11-15)22-24-20(23-21-17-7-3-2-4-8-17)16-6-5-9-19(14-16)25(26)27/h2-14,21H,1H3. The lowest BCUT2D eigenvalue weighted by molar-refractivity contribution is -0.384. The molecule has 0 spiro atoms. The maximum atomic E-state index is 11.1. The summed E-state index contributed by atoms with van der Waals surface area (Å²) in [6.45, 7) is 1.99. The first kappa shape index (κ1) is 17.9. The van der Waals surface area contributed by atoms with E-state index in [0.29, 0.717) is 11.3 Å². The molecule has 0 fully saturated rings. The van der Waals surface area contributed by atoms with E-state index in [1.807, 2.05) is 61.5 Å². The first-order chi connectivity index (χ1) is 13.1. The number of aryl methyl sites for hydroxylation is 1. The summed E-state index contributed by atoms with van der Waals surface area (Å²) in [6, 6.07) is 23.0. The second-order valence-electron chi connectivity index (χ2n) is 5.76. The molecular weight excluding hydrogens is 342 g/mol. The first-order valence-corrected chi connectivity index (χ1v) is 8.24. The maximum Gasteiger partial charge on any atom is 0.270 e. The van der Waals surface area contributed by atoms with Crippen LogP contribution in [0.2, 0.25) is 0 Å². The summed E-state index contributed by atoms with van der Waals surface area (Å²) in [4.78, 5) is 10.6. The van der Waals surface area contributed by atoms with Gasteiger partial charge in [0.15, 0.2) is 0 Å². The van der Waals surface area contributed by atoms with Crippen molar-refractivity contribution in [3.05, 3.63) is 100 Å². The van der Waals surface area contributed by atoms with Crippen LogP contribution in [0.5, 0.6) is 0 Å². The molecule has 0 heterocycles. The molecule has 0 saturated carbocycles. The van der Waals surface area contributed by atoms with Crippen LogP contribution in [0, 0.1) is 17.0 Å². The third kappa shape index (κ3) is 5.05. The highest BCUT2D eigenvalue weighted by atomic mass is 16.6. The van der Waals surface area contributed by atoms with E-state index in [9.17, 15) is 10.1 Å². The van der Waals surface area contributed by atoms with E-state index in [1.54, 1.807) is 12.1 Å². The molecule has 0 aromatic heterocycles. The number of para-hydroxylation sites is 1.